The van der Waals surface area contributed by atoms with Gasteiger partial charge >= 0.3 is 0 Å². The maximum atomic E-state index is 10.9. The van der Waals surface area contributed by atoms with Crippen molar-refractivity contribution in [1.29, 1.82) is 0 Å². The van der Waals surface area contributed by atoms with Crippen molar-refractivity contribution in [2.75, 3.05) is 6.54 Å². The van der Waals surface area contributed by atoms with Gasteiger partial charge < -0.3 is 0 Å². The van der Waals surface area contributed by atoms with Gasteiger partial charge in [0.2, 0.25) is 0 Å². The van der Waals surface area contributed by atoms with Crippen LogP contribution >= 0.6 is 0 Å². The van der Waals surface area contributed by atoms with Gasteiger partial charge in [-0.1, -0.05) is 20.8 Å². The second-order valence-corrected chi connectivity index (χ2v) is 3.66. The van der Waals surface area contributed by atoms with E-state index in [1.54, 1.807) is 0 Å². The summed E-state index contributed by atoms with van der Waals surface area (Å²) in [5.74, 6) is 5.14. The zero-order valence-electron chi connectivity index (χ0n) is 6.90. The number of hydrogen-bond donors (Lipinski definition) is 2. The number of hydrogen-bond acceptors (Lipinski definition) is 3. The fourth-order valence-corrected chi connectivity index (χ4v) is 0.768. The topological polar surface area (TPSA) is 55.1 Å². The van der Waals surface area contributed by atoms with E-state index in [0.717, 1.165) is 0 Å². The summed E-state index contributed by atoms with van der Waals surface area (Å²) in [6, 6.07) is 0. The summed E-state index contributed by atoms with van der Waals surface area (Å²) in [5, 5.41) is 0. The van der Waals surface area contributed by atoms with Crippen molar-refractivity contribution >= 4 is 5.78 Å². The Bertz CT molecular complexity index is 115. The van der Waals surface area contributed by atoms with E-state index in [1.165, 1.54) is 0 Å². The Morgan fingerprint density at radius 3 is 2.30 bits per heavy atom. The van der Waals surface area contributed by atoms with Crippen LogP contribution in [-0.4, -0.2) is 12.3 Å². The molecular weight excluding hydrogens is 128 g/mol. The predicted molar refractivity (Wildman–Crippen MR) is 41.3 cm³/mol. The summed E-state index contributed by atoms with van der Waals surface area (Å²) in [7, 11) is 0. The van der Waals surface area contributed by atoms with Crippen molar-refractivity contribution in [2.24, 2.45) is 11.3 Å². The van der Waals surface area contributed by atoms with Gasteiger partial charge in [0.25, 0.3) is 0 Å². The highest BCUT2D eigenvalue weighted by Gasteiger charge is 2.14. The normalized spacial score (nSPS) is 11.6. The third-order valence-electron chi connectivity index (χ3n) is 1.03. The Labute approximate surface area is 62.0 Å². The van der Waals surface area contributed by atoms with Gasteiger partial charge in [-0.3, -0.25) is 16.1 Å². The van der Waals surface area contributed by atoms with Gasteiger partial charge in [-0.05, 0) is 5.41 Å². The molecule has 0 saturated heterocycles. The molecule has 0 amide bonds. The van der Waals surface area contributed by atoms with Gasteiger partial charge in [0.05, 0.1) is 6.54 Å². The minimum absolute atomic E-state index is 0.0773. The molecule has 0 heterocycles. The highest BCUT2D eigenvalue weighted by Crippen LogP contribution is 2.17. The molecule has 0 aliphatic rings. The third-order valence-corrected chi connectivity index (χ3v) is 1.03. The van der Waals surface area contributed by atoms with Crippen molar-refractivity contribution in [3.63, 3.8) is 0 Å². The maximum absolute atomic E-state index is 10.9. The number of hydrazine groups is 1. The van der Waals surface area contributed by atoms with Gasteiger partial charge in [0.1, 0.15) is 5.78 Å². The lowest BCUT2D eigenvalue weighted by Crippen LogP contribution is -2.30. The minimum Gasteiger partial charge on any atom is -0.298 e. The van der Waals surface area contributed by atoms with Crippen molar-refractivity contribution in [1.82, 2.24) is 5.43 Å². The van der Waals surface area contributed by atoms with Crippen LogP contribution in [-0.2, 0) is 4.79 Å². The fourth-order valence-electron chi connectivity index (χ4n) is 0.768. The first kappa shape index (κ1) is 9.59. The Hall–Kier alpha value is -0.410. The molecule has 0 aliphatic carbocycles. The number of Topliss-reactive ketones (excluding diaryl/α,β-unsaturated/α-hetero) is 1. The van der Waals surface area contributed by atoms with Gasteiger partial charge in [0.15, 0.2) is 0 Å². The molecule has 0 aromatic carbocycles. The lowest BCUT2D eigenvalue weighted by Gasteiger charge is -2.16. The SMILES string of the molecule is CC(C)(C)CC(=O)CNN. The zero-order valence-corrected chi connectivity index (χ0v) is 6.90. The smallest absolute Gasteiger partial charge is 0.148 e. The first-order chi connectivity index (χ1) is 4.45. The summed E-state index contributed by atoms with van der Waals surface area (Å²) < 4.78 is 0. The molecule has 0 rings (SSSR count). The van der Waals surface area contributed by atoms with Crippen molar-refractivity contribution in [2.45, 2.75) is 27.2 Å². The lowest BCUT2D eigenvalue weighted by atomic mass is 9.90. The highest BCUT2D eigenvalue weighted by molar-refractivity contribution is 5.80. The van der Waals surface area contributed by atoms with E-state index in [1.807, 2.05) is 20.8 Å². The molecule has 0 aromatic rings. The van der Waals surface area contributed by atoms with Gasteiger partial charge in [-0.2, -0.15) is 0 Å². The summed E-state index contributed by atoms with van der Waals surface area (Å²) in [6.07, 6.45) is 0.581. The molecular formula is C7H16N2O. The maximum Gasteiger partial charge on any atom is 0.148 e. The summed E-state index contributed by atoms with van der Waals surface area (Å²) in [5.41, 5.74) is 2.42. The van der Waals surface area contributed by atoms with Crippen LogP contribution in [0.3, 0.4) is 0 Å². The third kappa shape index (κ3) is 5.72. The van der Waals surface area contributed by atoms with Crippen LogP contribution in [0.2, 0.25) is 0 Å². The monoisotopic (exact) mass is 144 g/mol. The van der Waals surface area contributed by atoms with Crippen molar-refractivity contribution in [3.05, 3.63) is 0 Å². The minimum atomic E-state index is 0.0773. The predicted octanol–water partition coefficient (Wildman–Crippen LogP) is 0.455. The van der Waals surface area contributed by atoms with Crippen molar-refractivity contribution in [3.8, 4) is 0 Å². The molecule has 0 fully saturated rings. The van der Waals surface area contributed by atoms with Crippen LogP contribution in [0.15, 0.2) is 0 Å². The Morgan fingerprint density at radius 1 is 1.50 bits per heavy atom. The van der Waals surface area contributed by atoms with Crippen LogP contribution in [0, 0.1) is 5.41 Å². The van der Waals surface area contributed by atoms with E-state index in [-0.39, 0.29) is 17.7 Å². The zero-order chi connectivity index (χ0) is 8.20. The Morgan fingerprint density at radius 2 is 2.00 bits per heavy atom. The van der Waals surface area contributed by atoms with Crippen LogP contribution in [0.5, 0.6) is 0 Å². The Kier molecular flexibility index (Phi) is 3.53. The molecule has 0 unspecified atom stereocenters. The molecule has 0 spiro atoms. The molecule has 3 N–H and O–H groups in total. The van der Waals surface area contributed by atoms with Crippen molar-refractivity contribution < 1.29 is 4.79 Å². The number of nitrogens with one attached hydrogen (secondary N) is 1. The second kappa shape index (κ2) is 3.68. The molecule has 0 aromatic heterocycles. The van der Waals surface area contributed by atoms with E-state index in [4.69, 9.17) is 5.84 Å². The summed E-state index contributed by atoms with van der Waals surface area (Å²) in [4.78, 5) is 10.9. The number of carbonyl (C=O) groups excluding carboxylic acids is 1. The van der Waals surface area contributed by atoms with E-state index >= 15 is 0 Å². The molecule has 0 saturated carbocycles. The number of rotatable bonds is 3. The Balaban J connectivity index is 3.58. The molecule has 0 bridgehead atoms. The van der Waals surface area contributed by atoms with E-state index < -0.39 is 0 Å². The van der Waals surface area contributed by atoms with Crippen LogP contribution < -0.4 is 11.3 Å². The first-order valence-electron chi connectivity index (χ1n) is 3.41. The van der Waals surface area contributed by atoms with Crippen LogP contribution in [0.1, 0.15) is 27.2 Å². The fraction of sp³-hybridized carbons (Fsp3) is 0.857. The molecule has 10 heavy (non-hydrogen) atoms. The summed E-state index contributed by atoms with van der Waals surface area (Å²) >= 11 is 0. The average Bonchev–Trinajstić information content (AvgIpc) is 1.59. The first-order valence-corrected chi connectivity index (χ1v) is 3.41. The summed E-state index contributed by atoms with van der Waals surface area (Å²) in [6.45, 7) is 6.36. The molecule has 3 heteroatoms. The lowest BCUT2D eigenvalue weighted by molar-refractivity contribution is -0.119. The van der Waals surface area contributed by atoms with Gasteiger partial charge in [-0.25, -0.2) is 0 Å². The largest absolute Gasteiger partial charge is 0.298 e. The number of ketones is 1. The van der Waals surface area contributed by atoms with Gasteiger partial charge in [0, 0.05) is 6.42 Å². The highest BCUT2D eigenvalue weighted by atomic mass is 16.1. The number of carbonyl (C=O) groups is 1. The van der Waals surface area contributed by atoms with E-state index in [0.29, 0.717) is 6.42 Å². The molecule has 0 aliphatic heterocycles. The van der Waals surface area contributed by atoms with Crippen LogP contribution in [0.25, 0.3) is 0 Å². The second-order valence-electron chi connectivity index (χ2n) is 3.66. The average molecular weight is 144 g/mol. The van der Waals surface area contributed by atoms with Gasteiger partial charge in [-0.15, -0.1) is 0 Å². The molecule has 3 nitrogen and oxygen atoms in total. The molecule has 0 atom stereocenters. The molecule has 60 valence electrons. The standard InChI is InChI=1S/C7H16N2O/c1-7(2,3)4-6(10)5-9-8/h9H,4-5,8H2,1-3H3. The molecule has 0 radical (unpaired) electrons. The van der Waals surface area contributed by atoms with Crippen LogP contribution in [0.4, 0.5) is 0 Å². The van der Waals surface area contributed by atoms with E-state index in [9.17, 15) is 4.79 Å². The van der Waals surface area contributed by atoms with E-state index in [2.05, 4.69) is 5.43 Å². The number of nitrogens with two attached hydrogens (primary N) is 1. The quantitative estimate of drug-likeness (QED) is 0.447.